The highest BCUT2D eigenvalue weighted by molar-refractivity contribution is 7.78. The molecule has 0 aliphatic carbocycles. The molecular formula is C7H14NS. The Kier molecular flexibility index (Phi) is 5.94. The van der Waals surface area contributed by atoms with Crippen molar-refractivity contribution >= 4 is 17.7 Å². The Morgan fingerprint density at radius 3 is 2.78 bits per heavy atom. The third-order valence-electron chi connectivity index (χ3n) is 1.30. The lowest BCUT2D eigenvalue weighted by Gasteiger charge is -2.07. The maximum atomic E-state index is 4.52. The van der Waals surface area contributed by atoms with Gasteiger partial charge in [0.05, 0.1) is 0 Å². The Morgan fingerprint density at radius 2 is 2.33 bits per heavy atom. The van der Waals surface area contributed by atoms with Crippen molar-refractivity contribution < 1.29 is 0 Å². The Hall–Kier alpha value is -0.110. The largest absolute Gasteiger partial charge is 0.371 e. The number of rotatable bonds is 5. The molecule has 0 aromatic carbocycles. The predicted molar refractivity (Wildman–Crippen MR) is 44.7 cm³/mol. The van der Waals surface area contributed by atoms with Gasteiger partial charge in [0.1, 0.15) is 5.49 Å². The van der Waals surface area contributed by atoms with Gasteiger partial charge in [-0.05, 0) is 13.3 Å². The Bertz CT molecular complexity index is 73.3. The monoisotopic (exact) mass is 144 g/mol. The van der Waals surface area contributed by atoms with Gasteiger partial charge in [-0.25, -0.2) is 0 Å². The van der Waals surface area contributed by atoms with Gasteiger partial charge in [0.15, 0.2) is 0 Å². The van der Waals surface area contributed by atoms with Crippen molar-refractivity contribution in [1.82, 2.24) is 5.32 Å². The van der Waals surface area contributed by atoms with Gasteiger partial charge >= 0.3 is 0 Å². The summed E-state index contributed by atoms with van der Waals surface area (Å²) in [5.74, 6) is 0. The van der Waals surface area contributed by atoms with Gasteiger partial charge in [0.2, 0.25) is 0 Å². The first-order valence-corrected chi connectivity index (χ1v) is 3.84. The van der Waals surface area contributed by atoms with Crippen molar-refractivity contribution in [2.24, 2.45) is 0 Å². The van der Waals surface area contributed by atoms with Crippen LogP contribution in [0, 0.1) is 0 Å². The van der Waals surface area contributed by atoms with Crippen LogP contribution in [-0.4, -0.2) is 11.5 Å². The first-order chi connectivity index (χ1) is 4.31. The molecule has 0 aromatic heterocycles. The first-order valence-electron chi connectivity index (χ1n) is 3.44. The summed E-state index contributed by atoms with van der Waals surface area (Å²) in [5.41, 5.74) is 2.51. The van der Waals surface area contributed by atoms with E-state index in [1.54, 1.807) is 0 Å². The third kappa shape index (κ3) is 5.77. The van der Waals surface area contributed by atoms with E-state index in [1.807, 2.05) is 0 Å². The average molecular weight is 144 g/mol. The number of hydrogen-bond donors (Lipinski definition) is 1. The zero-order valence-electron chi connectivity index (χ0n) is 6.11. The number of nitrogens with one attached hydrogen (secondary N) is 1. The lowest BCUT2D eigenvalue weighted by molar-refractivity contribution is 0.577. The van der Waals surface area contributed by atoms with Crippen LogP contribution in [0.2, 0.25) is 0 Å². The molecule has 1 radical (unpaired) electrons. The molecule has 0 aliphatic heterocycles. The van der Waals surface area contributed by atoms with Gasteiger partial charge in [-0.3, -0.25) is 0 Å². The molecule has 53 valence electrons. The minimum absolute atomic E-state index is 0.502. The molecule has 0 rings (SSSR count). The van der Waals surface area contributed by atoms with E-state index in [1.165, 1.54) is 19.3 Å². The SMILES string of the molecule is CCCCC(C)N[C]=S. The van der Waals surface area contributed by atoms with Crippen molar-refractivity contribution in [2.45, 2.75) is 39.2 Å². The second kappa shape index (κ2) is 6.02. The van der Waals surface area contributed by atoms with Crippen LogP contribution in [0.4, 0.5) is 0 Å². The summed E-state index contributed by atoms with van der Waals surface area (Å²) in [6.07, 6.45) is 3.72. The smallest absolute Gasteiger partial charge is 0.134 e. The van der Waals surface area contributed by atoms with Gasteiger partial charge in [0.25, 0.3) is 0 Å². The lowest BCUT2D eigenvalue weighted by Crippen LogP contribution is -2.22. The van der Waals surface area contributed by atoms with Crippen molar-refractivity contribution in [1.29, 1.82) is 0 Å². The molecule has 0 aromatic rings. The van der Waals surface area contributed by atoms with Crippen LogP contribution in [0.5, 0.6) is 0 Å². The molecule has 0 spiro atoms. The fourth-order valence-electron chi connectivity index (χ4n) is 0.683. The van der Waals surface area contributed by atoms with Crippen LogP contribution in [0.1, 0.15) is 33.1 Å². The van der Waals surface area contributed by atoms with Gasteiger partial charge < -0.3 is 5.32 Å². The van der Waals surface area contributed by atoms with Crippen molar-refractivity contribution in [3.63, 3.8) is 0 Å². The summed E-state index contributed by atoms with van der Waals surface area (Å²) in [6, 6.07) is 0.502. The maximum Gasteiger partial charge on any atom is 0.134 e. The van der Waals surface area contributed by atoms with E-state index in [0.29, 0.717) is 6.04 Å². The van der Waals surface area contributed by atoms with Crippen LogP contribution in [-0.2, 0) is 0 Å². The molecule has 0 saturated heterocycles. The Morgan fingerprint density at radius 1 is 1.67 bits per heavy atom. The zero-order chi connectivity index (χ0) is 7.11. The van der Waals surface area contributed by atoms with Gasteiger partial charge in [0, 0.05) is 6.04 Å². The summed E-state index contributed by atoms with van der Waals surface area (Å²) in [5, 5.41) is 2.95. The maximum absolute atomic E-state index is 4.52. The minimum Gasteiger partial charge on any atom is -0.371 e. The van der Waals surface area contributed by atoms with Crippen molar-refractivity contribution in [3.8, 4) is 0 Å². The van der Waals surface area contributed by atoms with E-state index in [2.05, 4.69) is 36.9 Å². The fourth-order valence-corrected chi connectivity index (χ4v) is 0.884. The number of thiocarbonyl (C=S) groups is 1. The van der Waals surface area contributed by atoms with Crippen molar-refractivity contribution in [2.75, 3.05) is 0 Å². The van der Waals surface area contributed by atoms with E-state index in [4.69, 9.17) is 0 Å². The average Bonchev–Trinajstić information content (AvgIpc) is 1.85. The van der Waals surface area contributed by atoms with Crippen LogP contribution in [0.15, 0.2) is 0 Å². The second-order valence-corrected chi connectivity index (χ2v) is 2.49. The summed E-state index contributed by atoms with van der Waals surface area (Å²) < 4.78 is 0. The molecule has 0 saturated carbocycles. The molecule has 1 N–H and O–H groups in total. The molecule has 0 amide bonds. The molecule has 1 atom stereocenters. The van der Waals surface area contributed by atoms with Gasteiger partial charge in [-0.15, -0.1) is 0 Å². The third-order valence-corrected chi connectivity index (χ3v) is 1.41. The normalized spacial score (nSPS) is 12.7. The molecule has 1 nitrogen and oxygen atoms in total. The summed E-state index contributed by atoms with van der Waals surface area (Å²) in [4.78, 5) is 0. The topological polar surface area (TPSA) is 12.0 Å². The van der Waals surface area contributed by atoms with E-state index in [9.17, 15) is 0 Å². The molecule has 0 fully saturated rings. The summed E-state index contributed by atoms with van der Waals surface area (Å²) >= 11 is 4.52. The summed E-state index contributed by atoms with van der Waals surface area (Å²) in [6.45, 7) is 4.31. The molecule has 0 heterocycles. The minimum atomic E-state index is 0.502. The molecule has 9 heavy (non-hydrogen) atoms. The highest BCUT2D eigenvalue weighted by atomic mass is 32.1. The van der Waals surface area contributed by atoms with E-state index in [-0.39, 0.29) is 0 Å². The molecule has 1 unspecified atom stereocenters. The quantitative estimate of drug-likeness (QED) is 0.468. The van der Waals surface area contributed by atoms with Gasteiger partial charge in [-0.1, -0.05) is 32.0 Å². The first kappa shape index (κ1) is 8.89. The molecular weight excluding hydrogens is 130 g/mol. The van der Waals surface area contributed by atoms with Crippen LogP contribution >= 0.6 is 12.2 Å². The molecule has 2 heteroatoms. The van der Waals surface area contributed by atoms with E-state index >= 15 is 0 Å². The van der Waals surface area contributed by atoms with Crippen LogP contribution in [0.25, 0.3) is 0 Å². The number of unbranched alkanes of at least 4 members (excludes halogenated alkanes) is 1. The zero-order valence-corrected chi connectivity index (χ0v) is 6.92. The number of hydrogen-bond acceptors (Lipinski definition) is 1. The summed E-state index contributed by atoms with van der Waals surface area (Å²) in [7, 11) is 0. The lowest BCUT2D eigenvalue weighted by atomic mass is 10.1. The van der Waals surface area contributed by atoms with Crippen molar-refractivity contribution in [3.05, 3.63) is 0 Å². The van der Waals surface area contributed by atoms with E-state index in [0.717, 1.165) is 0 Å². The Labute approximate surface area is 62.8 Å². The highest BCUT2D eigenvalue weighted by Gasteiger charge is 1.95. The fraction of sp³-hybridized carbons (Fsp3) is 0.857. The standard InChI is InChI=1S/C7H14NS/c1-3-4-5-7(2)8-6-9/h7H,3-5H2,1-2H3,(H,8,9). The predicted octanol–water partition coefficient (Wildman–Crippen LogP) is 1.99. The van der Waals surface area contributed by atoms with Gasteiger partial charge in [-0.2, -0.15) is 0 Å². The van der Waals surface area contributed by atoms with Crippen LogP contribution in [0.3, 0.4) is 0 Å². The molecule has 0 bridgehead atoms. The Balaban J connectivity index is 3.04. The molecule has 0 aliphatic rings. The second-order valence-electron chi connectivity index (χ2n) is 2.29. The van der Waals surface area contributed by atoms with E-state index < -0.39 is 0 Å². The van der Waals surface area contributed by atoms with Crippen LogP contribution < -0.4 is 5.32 Å². The highest BCUT2D eigenvalue weighted by Crippen LogP contribution is 1.97.